The highest BCUT2D eigenvalue weighted by atomic mass is 16.6. The molecule has 0 saturated heterocycles. The van der Waals surface area contributed by atoms with Gasteiger partial charge in [0, 0.05) is 32.1 Å². The molecule has 0 aliphatic heterocycles. The minimum absolute atomic E-state index is 0.134. The monoisotopic (exact) mass is 217 g/mol. The minimum Gasteiger partial charge on any atom is -0.455 e. The molecule has 15 heavy (non-hydrogen) atoms. The maximum absolute atomic E-state index is 10.8. The van der Waals surface area contributed by atoms with Crippen molar-refractivity contribution in [3.05, 3.63) is 10.1 Å². The van der Waals surface area contributed by atoms with Crippen molar-refractivity contribution in [1.29, 1.82) is 0 Å². The van der Waals surface area contributed by atoms with E-state index in [1.807, 2.05) is 0 Å². The second-order valence-corrected chi connectivity index (χ2v) is 3.75. The van der Waals surface area contributed by atoms with E-state index in [1.54, 1.807) is 0 Å². The third-order valence-corrected chi connectivity index (χ3v) is 2.11. The Hall–Kier alpha value is -1.46. The second kappa shape index (κ2) is 5.43. The van der Waals surface area contributed by atoms with Crippen LogP contribution in [0.2, 0.25) is 0 Å². The van der Waals surface area contributed by atoms with Gasteiger partial charge in [0.25, 0.3) is 5.54 Å². The molecule has 0 heterocycles. The maximum atomic E-state index is 10.8. The molecule has 1 atom stereocenters. The van der Waals surface area contributed by atoms with Crippen LogP contribution in [0.5, 0.6) is 0 Å². The zero-order valence-electron chi connectivity index (χ0n) is 9.06. The summed E-state index contributed by atoms with van der Waals surface area (Å²) in [7, 11) is 0. The molecular formula is C9H15NO5. The van der Waals surface area contributed by atoms with Gasteiger partial charge in [-0.05, 0) is 6.42 Å². The molecule has 0 amide bonds. The quantitative estimate of drug-likeness (QED) is 0.286. The van der Waals surface area contributed by atoms with Crippen LogP contribution in [0.4, 0.5) is 0 Å². The van der Waals surface area contributed by atoms with E-state index in [1.165, 1.54) is 20.8 Å². The Morgan fingerprint density at radius 3 is 2.47 bits per heavy atom. The average Bonchev–Trinajstić information content (AvgIpc) is 2.11. The Kier molecular flexibility index (Phi) is 4.90. The number of rotatable bonds is 6. The zero-order valence-corrected chi connectivity index (χ0v) is 9.06. The van der Waals surface area contributed by atoms with E-state index in [0.717, 1.165) is 0 Å². The van der Waals surface area contributed by atoms with Crippen LogP contribution in [-0.2, 0) is 14.3 Å². The van der Waals surface area contributed by atoms with Crippen molar-refractivity contribution >= 4 is 12.3 Å². The molecule has 0 spiro atoms. The smallest absolute Gasteiger partial charge is 0.303 e. The molecule has 6 nitrogen and oxygen atoms in total. The molecule has 0 aromatic carbocycles. The van der Waals surface area contributed by atoms with E-state index < -0.39 is 22.5 Å². The summed E-state index contributed by atoms with van der Waals surface area (Å²) < 4.78 is 4.84. The van der Waals surface area contributed by atoms with Crippen LogP contribution in [0, 0.1) is 10.1 Å². The third kappa shape index (κ3) is 4.05. The molecule has 0 rings (SSSR count). The highest BCUT2D eigenvalue weighted by Crippen LogP contribution is 2.21. The molecule has 0 N–H and O–H groups in total. The van der Waals surface area contributed by atoms with Crippen molar-refractivity contribution in [3.63, 3.8) is 0 Å². The molecule has 6 heteroatoms. The first-order valence-corrected chi connectivity index (χ1v) is 4.57. The molecule has 0 radical (unpaired) electrons. The van der Waals surface area contributed by atoms with E-state index >= 15 is 0 Å². The lowest BCUT2D eigenvalue weighted by atomic mass is 9.94. The number of hydrogen-bond acceptors (Lipinski definition) is 5. The number of nitro groups is 1. The van der Waals surface area contributed by atoms with Gasteiger partial charge in [-0.1, -0.05) is 0 Å². The van der Waals surface area contributed by atoms with Crippen molar-refractivity contribution in [1.82, 2.24) is 0 Å². The van der Waals surface area contributed by atoms with Gasteiger partial charge in [0.05, 0.1) is 0 Å². The zero-order chi connectivity index (χ0) is 12.1. The topological polar surface area (TPSA) is 86.5 Å². The van der Waals surface area contributed by atoms with Gasteiger partial charge >= 0.3 is 5.97 Å². The van der Waals surface area contributed by atoms with Crippen LogP contribution in [0.3, 0.4) is 0 Å². The SMILES string of the molecule is CC(=O)OC(CCC=O)C(C)(C)[N+](=O)[O-]. The largest absolute Gasteiger partial charge is 0.455 e. The molecule has 0 fully saturated rings. The third-order valence-electron chi connectivity index (χ3n) is 2.11. The summed E-state index contributed by atoms with van der Waals surface area (Å²) in [5, 5.41) is 10.7. The van der Waals surface area contributed by atoms with Crippen molar-refractivity contribution in [2.45, 2.75) is 45.3 Å². The van der Waals surface area contributed by atoms with E-state index in [4.69, 9.17) is 4.74 Å². The van der Waals surface area contributed by atoms with Crippen molar-refractivity contribution < 1.29 is 19.2 Å². The fourth-order valence-corrected chi connectivity index (χ4v) is 1.09. The molecular weight excluding hydrogens is 202 g/mol. The summed E-state index contributed by atoms with van der Waals surface area (Å²) in [6, 6.07) is 0. The van der Waals surface area contributed by atoms with Gasteiger partial charge in [0.15, 0.2) is 6.10 Å². The predicted octanol–water partition coefficient (Wildman–Crippen LogP) is 0.952. The van der Waals surface area contributed by atoms with Gasteiger partial charge in [0.1, 0.15) is 6.29 Å². The predicted molar refractivity (Wildman–Crippen MR) is 51.9 cm³/mol. The molecule has 0 aromatic heterocycles. The Labute approximate surface area is 87.7 Å². The van der Waals surface area contributed by atoms with Gasteiger partial charge < -0.3 is 9.53 Å². The summed E-state index contributed by atoms with van der Waals surface area (Å²) in [4.78, 5) is 31.2. The van der Waals surface area contributed by atoms with E-state index in [0.29, 0.717) is 6.29 Å². The van der Waals surface area contributed by atoms with Crippen molar-refractivity contribution in [3.8, 4) is 0 Å². The van der Waals surface area contributed by atoms with E-state index in [9.17, 15) is 19.7 Å². The van der Waals surface area contributed by atoms with Gasteiger partial charge in [-0.25, -0.2) is 0 Å². The number of aldehydes is 1. The van der Waals surface area contributed by atoms with Gasteiger partial charge in [0.2, 0.25) is 0 Å². The minimum atomic E-state index is -1.38. The molecule has 0 saturated carbocycles. The Bertz CT molecular complexity index is 261. The van der Waals surface area contributed by atoms with Crippen molar-refractivity contribution in [2.75, 3.05) is 0 Å². The summed E-state index contributed by atoms with van der Waals surface area (Å²) in [5.74, 6) is -0.583. The number of esters is 1. The lowest BCUT2D eigenvalue weighted by Gasteiger charge is -2.25. The number of carbonyl (C=O) groups is 2. The second-order valence-electron chi connectivity index (χ2n) is 3.75. The lowest BCUT2D eigenvalue weighted by molar-refractivity contribution is -0.573. The summed E-state index contributed by atoms with van der Waals surface area (Å²) >= 11 is 0. The first-order valence-electron chi connectivity index (χ1n) is 4.57. The average molecular weight is 217 g/mol. The first kappa shape index (κ1) is 13.5. The lowest BCUT2D eigenvalue weighted by Crippen LogP contribution is -2.46. The molecule has 0 aromatic rings. The van der Waals surface area contributed by atoms with Crippen molar-refractivity contribution in [2.24, 2.45) is 0 Å². The normalized spacial score (nSPS) is 13.0. The number of nitrogens with zero attached hydrogens (tertiary/aromatic N) is 1. The van der Waals surface area contributed by atoms with Crippen LogP contribution in [0.25, 0.3) is 0 Å². The fourth-order valence-electron chi connectivity index (χ4n) is 1.09. The van der Waals surface area contributed by atoms with Gasteiger partial charge in [-0.15, -0.1) is 0 Å². The molecule has 1 unspecified atom stereocenters. The molecule has 0 aliphatic rings. The molecule has 86 valence electrons. The van der Waals surface area contributed by atoms with E-state index in [2.05, 4.69) is 0 Å². The highest BCUT2D eigenvalue weighted by Gasteiger charge is 2.42. The van der Waals surface area contributed by atoms with Crippen LogP contribution in [0.15, 0.2) is 0 Å². The summed E-state index contributed by atoms with van der Waals surface area (Å²) in [6.45, 7) is 3.92. The van der Waals surface area contributed by atoms with Crippen LogP contribution >= 0.6 is 0 Å². The number of carbonyl (C=O) groups excluding carboxylic acids is 2. The Morgan fingerprint density at radius 1 is 1.60 bits per heavy atom. The highest BCUT2D eigenvalue weighted by molar-refractivity contribution is 5.66. The maximum Gasteiger partial charge on any atom is 0.303 e. The number of ether oxygens (including phenoxy) is 1. The standard InChI is InChI=1S/C9H15NO5/c1-7(12)15-8(5-4-6-11)9(2,3)10(13)14/h6,8H,4-5H2,1-3H3. The Morgan fingerprint density at radius 2 is 2.13 bits per heavy atom. The van der Waals surface area contributed by atoms with Crippen LogP contribution in [-0.4, -0.2) is 28.8 Å². The van der Waals surface area contributed by atoms with E-state index in [-0.39, 0.29) is 12.8 Å². The van der Waals surface area contributed by atoms with Gasteiger partial charge in [-0.2, -0.15) is 0 Å². The van der Waals surface area contributed by atoms with Crippen LogP contribution in [0.1, 0.15) is 33.6 Å². The molecule has 0 bridgehead atoms. The van der Waals surface area contributed by atoms with Crippen LogP contribution < -0.4 is 0 Å². The first-order chi connectivity index (χ1) is 6.82. The van der Waals surface area contributed by atoms with Gasteiger partial charge in [-0.3, -0.25) is 14.9 Å². The molecule has 0 aliphatic carbocycles. The number of hydrogen-bond donors (Lipinski definition) is 0. The summed E-state index contributed by atoms with van der Waals surface area (Å²) in [5.41, 5.74) is -1.38. The summed E-state index contributed by atoms with van der Waals surface area (Å²) in [6.07, 6.45) is 0.0638. The Balaban J connectivity index is 4.66. The fraction of sp³-hybridized carbons (Fsp3) is 0.778.